The lowest BCUT2D eigenvalue weighted by molar-refractivity contribution is -0.114. The van der Waals surface area contributed by atoms with Crippen molar-refractivity contribution < 1.29 is 9.59 Å². The number of carbonyl (C=O) groups is 2. The maximum atomic E-state index is 12.4. The number of hydrogen-bond donors (Lipinski definition) is 3. The number of rotatable bonds is 4. The maximum Gasteiger partial charge on any atom is 0.255 e. The van der Waals surface area contributed by atoms with E-state index in [9.17, 15) is 9.59 Å². The Morgan fingerprint density at radius 2 is 1.84 bits per heavy atom. The van der Waals surface area contributed by atoms with Gasteiger partial charge in [0.05, 0.1) is 11.4 Å². The van der Waals surface area contributed by atoms with Crippen LogP contribution in [0.1, 0.15) is 17.3 Å². The molecule has 0 bridgehead atoms. The third-order valence-corrected chi connectivity index (χ3v) is 4.27. The van der Waals surface area contributed by atoms with Gasteiger partial charge in [-0.05, 0) is 42.5 Å². The monoisotopic (exact) mass is 352 g/mol. The van der Waals surface area contributed by atoms with Crippen molar-refractivity contribution >= 4 is 40.2 Å². The lowest BCUT2D eigenvalue weighted by Gasteiger charge is -2.10. The summed E-state index contributed by atoms with van der Waals surface area (Å²) in [7, 11) is 0. The van der Waals surface area contributed by atoms with Gasteiger partial charge in [-0.2, -0.15) is 0 Å². The van der Waals surface area contributed by atoms with Gasteiger partial charge in [0.25, 0.3) is 5.91 Å². The van der Waals surface area contributed by atoms with Crippen LogP contribution in [0.5, 0.6) is 0 Å². The van der Waals surface area contributed by atoms with E-state index in [0.29, 0.717) is 22.6 Å². The van der Waals surface area contributed by atoms with Crippen LogP contribution in [0.3, 0.4) is 0 Å². The number of benzene rings is 2. The Morgan fingerprint density at radius 1 is 1.08 bits per heavy atom. The van der Waals surface area contributed by atoms with Crippen molar-refractivity contribution in [3.63, 3.8) is 0 Å². The van der Waals surface area contributed by atoms with Crippen LogP contribution in [-0.4, -0.2) is 16.8 Å². The zero-order chi connectivity index (χ0) is 17.8. The second kappa shape index (κ2) is 7.14. The number of aromatic nitrogens is 1. The molecule has 1 aromatic heterocycles. The Balaban J connectivity index is 1.78. The van der Waals surface area contributed by atoms with Gasteiger partial charge in [0.1, 0.15) is 5.01 Å². The fraction of sp³-hybridized carbons (Fsp3) is 0.0556. The van der Waals surface area contributed by atoms with E-state index in [1.54, 1.807) is 42.6 Å². The number of nitrogens with one attached hydrogen (secondary N) is 2. The van der Waals surface area contributed by atoms with Crippen LogP contribution in [0.15, 0.2) is 54.0 Å². The smallest absolute Gasteiger partial charge is 0.255 e. The molecule has 2 amide bonds. The van der Waals surface area contributed by atoms with Crippen LogP contribution in [0.25, 0.3) is 10.6 Å². The van der Waals surface area contributed by atoms with Crippen LogP contribution in [-0.2, 0) is 4.79 Å². The summed E-state index contributed by atoms with van der Waals surface area (Å²) in [6.45, 7) is 1.43. The first-order chi connectivity index (χ1) is 12.0. The van der Waals surface area contributed by atoms with Gasteiger partial charge in [-0.3, -0.25) is 9.59 Å². The first-order valence-electron chi connectivity index (χ1n) is 7.51. The minimum atomic E-state index is -0.280. The molecule has 0 saturated heterocycles. The van der Waals surface area contributed by atoms with E-state index in [2.05, 4.69) is 15.6 Å². The Morgan fingerprint density at radius 3 is 2.48 bits per heavy atom. The quantitative estimate of drug-likeness (QED) is 0.625. The molecule has 7 heteroatoms. The van der Waals surface area contributed by atoms with Crippen molar-refractivity contribution in [3.05, 3.63) is 59.6 Å². The predicted octanol–water partition coefficient (Wildman–Crippen LogP) is 3.60. The van der Waals surface area contributed by atoms with Gasteiger partial charge in [0.15, 0.2) is 0 Å². The highest BCUT2D eigenvalue weighted by atomic mass is 32.1. The number of thiazole rings is 1. The van der Waals surface area contributed by atoms with Crippen molar-refractivity contribution in [1.29, 1.82) is 0 Å². The van der Waals surface area contributed by atoms with E-state index in [1.807, 2.05) is 11.4 Å². The van der Waals surface area contributed by atoms with Crippen LogP contribution in [0.2, 0.25) is 0 Å². The highest BCUT2D eigenvalue weighted by Gasteiger charge is 2.10. The van der Waals surface area contributed by atoms with Crippen LogP contribution in [0.4, 0.5) is 17.1 Å². The summed E-state index contributed by atoms with van der Waals surface area (Å²) >= 11 is 1.51. The van der Waals surface area contributed by atoms with Gasteiger partial charge in [-0.1, -0.05) is 0 Å². The van der Waals surface area contributed by atoms with Gasteiger partial charge in [0, 0.05) is 35.3 Å². The molecule has 0 atom stereocenters. The van der Waals surface area contributed by atoms with Crippen molar-refractivity contribution in [2.45, 2.75) is 6.92 Å². The largest absolute Gasteiger partial charge is 0.397 e. The van der Waals surface area contributed by atoms with E-state index in [0.717, 1.165) is 10.6 Å². The summed E-state index contributed by atoms with van der Waals surface area (Å²) in [5.41, 5.74) is 8.96. The molecule has 0 aliphatic carbocycles. The molecule has 0 spiro atoms. The van der Waals surface area contributed by atoms with Crippen LogP contribution < -0.4 is 16.4 Å². The fourth-order valence-corrected chi connectivity index (χ4v) is 2.90. The van der Waals surface area contributed by atoms with Crippen LogP contribution >= 0.6 is 11.3 Å². The number of amides is 2. The van der Waals surface area contributed by atoms with E-state index < -0.39 is 0 Å². The molecule has 25 heavy (non-hydrogen) atoms. The van der Waals surface area contributed by atoms with Crippen molar-refractivity contribution in [1.82, 2.24) is 4.98 Å². The average Bonchev–Trinajstić information content (AvgIpc) is 3.11. The summed E-state index contributed by atoms with van der Waals surface area (Å²) in [6, 6.07) is 12.0. The fourth-order valence-electron chi connectivity index (χ4n) is 2.27. The molecule has 4 N–H and O–H groups in total. The number of carbonyl (C=O) groups excluding carboxylic acids is 2. The highest BCUT2D eigenvalue weighted by molar-refractivity contribution is 7.13. The van der Waals surface area contributed by atoms with Gasteiger partial charge in [0.2, 0.25) is 5.91 Å². The third kappa shape index (κ3) is 4.02. The van der Waals surface area contributed by atoms with Gasteiger partial charge >= 0.3 is 0 Å². The lowest BCUT2D eigenvalue weighted by Crippen LogP contribution is -2.13. The van der Waals surface area contributed by atoms with Gasteiger partial charge < -0.3 is 16.4 Å². The molecule has 0 aliphatic heterocycles. The number of nitrogen functional groups attached to an aromatic ring is 1. The third-order valence-electron chi connectivity index (χ3n) is 3.45. The Hall–Kier alpha value is -3.19. The molecule has 0 radical (unpaired) electrons. The zero-order valence-corrected chi connectivity index (χ0v) is 14.3. The Labute approximate surface area is 148 Å². The SMILES string of the molecule is CC(=O)Nc1ccc(C(=O)Nc2cc(-c3nccs3)ccc2N)cc1. The number of hydrogen-bond acceptors (Lipinski definition) is 5. The molecular weight excluding hydrogens is 336 g/mol. The molecule has 126 valence electrons. The molecule has 0 fully saturated rings. The Bertz CT molecular complexity index is 905. The van der Waals surface area contributed by atoms with Gasteiger partial charge in [-0.15, -0.1) is 11.3 Å². The molecular formula is C18H16N4O2S. The second-order valence-electron chi connectivity index (χ2n) is 5.35. The summed E-state index contributed by atoms with van der Waals surface area (Å²) in [4.78, 5) is 27.7. The van der Waals surface area contributed by atoms with E-state index in [1.165, 1.54) is 18.3 Å². The minimum Gasteiger partial charge on any atom is -0.397 e. The van der Waals surface area contributed by atoms with Gasteiger partial charge in [-0.25, -0.2) is 4.98 Å². The number of nitrogens with zero attached hydrogens (tertiary/aromatic N) is 1. The second-order valence-corrected chi connectivity index (χ2v) is 6.25. The maximum absolute atomic E-state index is 12.4. The first-order valence-corrected chi connectivity index (χ1v) is 8.39. The van der Waals surface area contributed by atoms with E-state index in [4.69, 9.17) is 5.73 Å². The van der Waals surface area contributed by atoms with Crippen molar-refractivity contribution in [3.8, 4) is 10.6 Å². The molecule has 3 aromatic rings. The summed E-state index contributed by atoms with van der Waals surface area (Å²) < 4.78 is 0. The van der Waals surface area contributed by atoms with Crippen molar-refractivity contribution in [2.24, 2.45) is 0 Å². The first kappa shape index (κ1) is 16.7. The average molecular weight is 352 g/mol. The highest BCUT2D eigenvalue weighted by Crippen LogP contribution is 2.28. The van der Waals surface area contributed by atoms with E-state index >= 15 is 0 Å². The molecule has 1 heterocycles. The zero-order valence-electron chi connectivity index (χ0n) is 13.4. The molecule has 0 aliphatic rings. The molecule has 2 aromatic carbocycles. The van der Waals surface area contributed by atoms with Crippen molar-refractivity contribution in [2.75, 3.05) is 16.4 Å². The lowest BCUT2D eigenvalue weighted by atomic mass is 10.1. The molecule has 0 saturated carbocycles. The summed E-state index contributed by atoms with van der Waals surface area (Å²) in [5.74, 6) is -0.443. The molecule has 0 unspecified atom stereocenters. The molecule has 6 nitrogen and oxygen atoms in total. The van der Waals surface area contributed by atoms with Crippen LogP contribution in [0, 0.1) is 0 Å². The summed E-state index contributed by atoms with van der Waals surface area (Å²) in [5, 5.41) is 8.22. The molecule has 3 rings (SSSR count). The summed E-state index contributed by atoms with van der Waals surface area (Å²) in [6.07, 6.45) is 1.73. The standard InChI is InChI=1S/C18H16N4O2S/c1-11(23)21-14-5-2-12(3-6-14)17(24)22-16-10-13(4-7-15(16)19)18-20-8-9-25-18/h2-10H,19H2,1H3,(H,21,23)(H,22,24). The Kier molecular flexibility index (Phi) is 4.76. The normalized spacial score (nSPS) is 10.3. The number of nitrogens with two attached hydrogens (primary N) is 1. The van der Waals surface area contributed by atoms with E-state index in [-0.39, 0.29) is 11.8 Å². The minimum absolute atomic E-state index is 0.163. The number of anilines is 3. The topological polar surface area (TPSA) is 97.1 Å². The predicted molar refractivity (Wildman–Crippen MR) is 101 cm³/mol.